The van der Waals surface area contributed by atoms with Crippen LogP contribution in [0, 0.1) is 0 Å². The van der Waals surface area contributed by atoms with E-state index in [1.54, 1.807) is 0 Å². The molecule has 0 aromatic heterocycles. The maximum absolute atomic E-state index is 12.6. The Morgan fingerprint density at radius 1 is 0.760 bits per heavy atom. The maximum Gasteiger partial charge on any atom is 0.342 e. The Labute approximate surface area is 150 Å². The van der Waals surface area contributed by atoms with Crippen molar-refractivity contribution < 1.29 is 9.53 Å². The molecule has 3 aromatic rings. The Balaban J connectivity index is 2.14. The highest BCUT2D eigenvalue weighted by Gasteiger charge is 2.30. The molecule has 0 amide bonds. The van der Waals surface area contributed by atoms with Crippen LogP contribution in [-0.4, -0.2) is 12.1 Å². The smallest absolute Gasteiger partial charge is 0.342 e. The Kier molecular flexibility index (Phi) is 5.63. The SMILES string of the molecule is CC(C)OC(=O)c1ccccc1[PH+](c1ccccc1)c1ccccc1. The fourth-order valence-electron chi connectivity index (χ4n) is 2.84. The maximum atomic E-state index is 12.6. The van der Waals surface area contributed by atoms with Gasteiger partial charge in [-0.05, 0) is 50.2 Å². The third kappa shape index (κ3) is 4.15. The number of carbonyl (C=O) groups is 1. The van der Waals surface area contributed by atoms with Crippen molar-refractivity contribution in [3.63, 3.8) is 0 Å². The van der Waals surface area contributed by atoms with Crippen LogP contribution in [0.25, 0.3) is 0 Å². The lowest BCUT2D eigenvalue weighted by atomic mass is 10.2. The zero-order valence-electron chi connectivity index (χ0n) is 14.5. The zero-order chi connectivity index (χ0) is 17.6. The summed E-state index contributed by atoms with van der Waals surface area (Å²) in [7, 11) is -1.29. The molecule has 0 radical (unpaired) electrons. The van der Waals surface area contributed by atoms with E-state index >= 15 is 0 Å². The molecule has 3 aromatic carbocycles. The minimum Gasteiger partial charge on any atom is -0.459 e. The van der Waals surface area contributed by atoms with Gasteiger partial charge in [-0.1, -0.05) is 48.5 Å². The molecular weight excluding hydrogens is 327 g/mol. The summed E-state index contributed by atoms with van der Waals surface area (Å²) in [6.45, 7) is 3.75. The fraction of sp³-hybridized carbons (Fsp3) is 0.136. The van der Waals surface area contributed by atoms with Gasteiger partial charge in [0, 0.05) is 0 Å². The third-order valence-electron chi connectivity index (χ3n) is 3.88. The molecule has 3 heteroatoms. The van der Waals surface area contributed by atoms with Crippen molar-refractivity contribution in [1.82, 2.24) is 0 Å². The molecule has 25 heavy (non-hydrogen) atoms. The van der Waals surface area contributed by atoms with Crippen molar-refractivity contribution in [3.05, 3.63) is 90.5 Å². The van der Waals surface area contributed by atoms with Gasteiger partial charge >= 0.3 is 5.97 Å². The van der Waals surface area contributed by atoms with E-state index in [9.17, 15) is 4.79 Å². The summed E-state index contributed by atoms with van der Waals surface area (Å²) in [5, 5.41) is 3.57. The molecule has 0 saturated heterocycles. The second-order valence-electron chi connectivity index (χ2n) is 6.11. The Bertz CT molecular complexity index is 789. The van der Waals surface area contributed by atoms with Crippen LogP contribution in [-0.2, 0) is 4.74 Å². The molecule has 0 atom stereocenters. The second-order valence-corrected chi connectivity index (χ2v) is 8.55. The molecule has 0 heterocycles. The van der Waals surface area contributed by atoms with Gasteiger partial charge < -0.3 is 4.74 Å². The number of esters is 1. The lowest BCUT2D eigenvalue weighted by Crippen LogP contribution is -2.26. The van der Waals surface area contributed by atoms with Crippen LogP contribution in [0.5, 0.6) is 0 Å². The van der Waals surface area contributed by atoms with E-state index in [0.717, 1.165) is 5.30 Å². The van der Waals surface area contributed by atoms with Crippen LogP contribution in [0.1, 0.15) is 24.2 Å². The standard InChI is InChI=1S/C22H21O2P/c1-17(2)24-22(23)20-15-9-10-16-21(20)25(18-11-5-3-6-12-18)19-13-7-4-8-14-19/h3-17H,1-2H3/p+1. The topological polar surface area (TPSA) is 26.3 Å². The van der Waals surface area contributed by atoms with E-state index in [-0.39, 0.29) is 12.1 Å². The minimum atomic E-state index is -1.29. The molecule has 0 aliphatic heterocycles. The van der Waals surface area contributed by atoms with Gasteiger partial charge in [-0.15, -0.1) is 0 Å². The van der Waals surface area contributed by atoms with Crippen LogP contribution < -0.4 is 15.9 Å². The molecule has 0 aliphatic rings. The quantitative estimate of drug-likeness (QED) is 0.518. The molecule has 0 spiro atoms. The van der Waals surface area contributed by atoms with Gasteiger partial charge in [0.05, 0.1) is 14.0 Å². The average Bonchev–Trinajstić information content (AvgIpc) is 2.64. The van der Waals surface area contributed by atoms with Crippen molar-refractivity contribution >= 4 is 29.8 Å². The Morgan fingerprint density at radius 2 is 1.24 bits per heavy atom. The van der Waals surface area contributed by atoms with Gasteiger partial charge in [0.2, 0.25) is 0 Å². The Hall–Kier alpha value is -2.44. The fourth-order valence-corrected chi connectivity index (χ4v) is 5.57. The number of rotatable bonds is 5. The summed E-state index contributed by atoms with van der Waals surface area (Å²) < 4.78 is 5.48. The second kappa shape index (κ2) is 8.09. The van der Waals surface area contributed by atoms with Crippen molar-refractivity contribution in [2.24, 2.45) is 0 Å². The van der Waals surface area contributed by atoms with E-state index in [0.29, 0.717) is 5.56 Å². The van der Waals surface area contributed by atoms with Crippen molar-refractivity contribution in [3.8, 4) is 0 Å². The van der Waals surface area contributed by atoms with Gasteiger partial charge in [0.1, 0.15) is 21.5 Å². The van der Waals surface area contributed by atoms with Gasteiger partial charge in [-0.2, -0.15) is 0 Å². The van der Waals surface area contributed by atoms with Crippen LogP contribution in [0.2, 0.25) is 0 Å². The van der Waals surface area contributed by atoms with Crippen LogP contribution >= 0.6 is 7.92 Å². The number of hydrogen-bond acceptors (Lipinski definition) is 2. The first kappa shape index (κ1) is 17.4. The van der Waals surface area contributed by atoms with Gasteiger partial charge in [-0.3, -0.25) is 0 Å². The average molecular weight is 349 g/mol. The van der Waals surface area contributed by atoms with E-state index in [1.165, 1.54) is 10.6 Å². The van der Waals surface area contributed by atoms with Crippen molar-refractivity contribution in [2.45, 2.75) is 20.0 Å². The van der Waals surface area contributed by atoms with E-state index < -0.39 is 7.92 Å². The van der Waals surface area contributed by atoms with E-state index in [1.807, 2.05) is 44.2 Å². The first-order valence-electron chi connectivity index (χ1n) is 8.45. The Morgan fingerprint density at radius 3 is 1.76 bits per heavy atom. The first-order chi connectivity index (χ1) is 12.2. The molecule has 0 fully saturated rings. The van der Waals surface area contributed by atoms with E-state index in [4.69, 9.17) is 4.74 Å². The van der Waals surface area contributed by atoms with Gasteiger partial charge in [-0.25, -0.2) is 4.79 Å². The summed E-state index contributed by atoms with van der Waals surface area (Å²) in [4.78, 5) is 12.6. The normalized spacial score (nSPS) is 10.9. The first-order valence-corrected chi connectivity index (χ1v) is 9.95. The number of ether oxygens (including phenoxy) is 1. The molecule has 0 saturated carbocycles. The highest BCUT2D eigenvalue weighted by atomic mass is 31.1. The molecule has 0 aliphatic carbocycles. The number of carbonyl (C=O) groups excluding carboxylic acids is 1. The van der Waals surface area contributed by atoms with Crippen molar-refractivity contribution in [2.75, 3.05) is 0 Å². The molecule has 0 N–H and O–H groups in total. The molecule has 126 valence electrons. The summed E-state index contributed by atoms with van der Waals surface area (Å²) in [6, 6.07) is 28.7. The minimum absolute atomic E-state index is 0.135. The predicted molar refractivity (Wildman–Crippen MR) is 107 cm³/mol. The zero-order valence-corrected chi connectivity index (χ0v) is 15.5. The highest BCUT2D eigenvalue weighted by Crippen LogP contribution is 2.34. The van der Waals surface area contributed by atoms with Crippen LogP contribution in [0.3, 0.4) is 0 Å². The molecular formula is C22H22O2P+. The molecule has 0 bridgehead atoms. The monoisotopic (exact) mass is 349 g/mol. The third-order valence-corrected chi connectivity index (χ3v) is 6.68. The number of benzene rings is 3. The van der Waals surface area contributed by atoms with Crippen molar-refractivity contribution in [1.29, 1.82) is 0 Å². The van der Waals surface area contributed by atoms with E-state index in [2.05, 4.69) is 54.6 Å². The molecule has 2 nitrogen and oxygen atoms in total. The molecule has 0 unspecified atom stereocenters. The lowest BCUT2D eigenvalue weighted by Gasteiger charge is -2.15. The van der Waals surface area contributed by atoms with Crippen LogP contribution in [0.15, 0.2) is 84.9 Å². The molecule has 3 rings (SSSR count). The number of hydrogen-bond donors (Lipinski definition) is 0. The highest BCUT2D eigenvalue weighted by molar-refractivity contribution is 7.80. The summed E-state index contributed by atoms with van der Waals surface area (Å²) in [6.07, 6.45) is -0.135. The predicted octanol–water partition coefficient (Wildman–Crippen LogP) is 3.74. The summed E-state index contributed by atoms with van der Waals surface area (Å²) in [5.41, 5.74) is 0.665. The summed E-state index contributed by atoms with van der Waals surface area (Å²) in [5.74, 6) is -0.250. The summed E-state index contributed by atoms with van der Waals surface area (Å²) >= 11 is 0. The largest absolute Gasteiger partial charge is 0.459 e. The lowest BCUT2D eigenvalue weighted by molar-refractivity contribution is 0.0379. The van der Waals surface area contributed by atoms with Gasteiger partial charge in [0.25, 0.3) is 0 Å². The van der Waals surface area contributed by atoms with Crippen LogP contribution in [0.4, 0.5) is 0 Å². The van der Waals surface area contributed by atoms with Gasteiger partial charge in [0.15, 0.2) is 0 Å².